The highest BCUT2D eigenvalue weighted by atomic mass is 32.2. The third kappa shape index (κ3) is 5.14. The first-order valence-corrected chi connectivity index (χ1v) is 12.4. The Kier molecular flexibility index (Phi) is 6.77. The molecule has 1 aromatic heterocycles. The Bertz CT molecular complexity index is 910. The van der Waals surface area contributed by atoms with Gasteiger partial charge in [0, 0.05) is 18.2 Å². The molecule has 7 nitrogen and oxygen atoms in total. The van der Waals surface area contributed by atoms with Gasteiger partial charge in [-0.3, -0.25) is 9.89 Å². The number of amides is 1. The van der Waals surface area contributed by atoms with Gasteiger partial charge < -0.3 is 4.90 Å². The summed E-state index contributed by atoms with van der Waals surface area (Å²) in [7, 11) is -3.02. The number of nitrogens with one attached hydrogen (secondary N) is 1. The number of aryl methyl sites for hydroxylation is 1. The van der Waals surface area contributed by atoms with Crippen molar-refractivity contribution in [3.63, 3.8) is 0 Å². The SMILES string of the molecule is CCCN(C(=O)CSc1n[nH]c(-c2ccc(CC)cc2)n1)[C@@H]1CCS(=O)(=O)C1. The Morgan fingerprint density at radius 2 is 2.04 bits per heavy atom. The highest BCUT2D eigenvalue weighted by molar-refractivity contribution is 7.99. The van der Waals surface area contributed by atoms with Crippen molar-refractivity contribution in [2.24, 2.45) is 0 Å². The van der Waals surface area contributed by atoms with Crippen LogP contribution in [-0.2, 0) is 21.1 Å². The summed E-state index contributed by atoms with van der Waals surface area (Å²) in [6.45, 7) is 4.67. The van der Waals surface area contributed by atoms with Gasteiger partial charge in [0.05, 0.1) is 17.3 Å². The van der Waals surface area contributed by atoms with Gasteiger partial charge in [-0.25, -0.2) is 13.4 Å². The molecular formula is C19H26N4O3S2. The molecule has 3 rings (SSSR count). The molecule has 1 amide bonds. The fraction of sp³-hybridized carbons (Fsp3) is 0.526. The number of thioether (sulfide) groups is 1. The van der Waals surface area contributed by atoms with E-state index >= 15 is 0 Å². The topological polar surface area (TPSA) is 96.0 Å². The molecule has 1 aromatic carbocycles. The van der Waals surface area contributed by atoms with E-state index in [4.69, 9.17) is 0 Å². The fourth-order valence-electron chi connectivity index (χ4n) is 3.32. The molecule has 28 heavy (non-hydrogen) atoms. The Labute approximate surface area is 170 Å². The van der Waals surface area contributed by atoms with Crippen molar-refractivity contribution in [1.82, 2.24) is 20.1 Å². The van der Waals surface area contributed by atoms with E-state index in [0.717, 1.165) is 18.4 Å². The Morgan fingerprint density at radius 3 is 2.64 bits per heavy atom. The van der Waals surface area contributed by atoms with Gasteiger partial charge in [-0.2, -0.15) is 0 Å². The molecule has 2 heterocycles. The van der Waals surface area contributed by atoms with Crippen LogP contribution >= 0.6 is 11.8 Å². The second-order valence-corrected chi connectivity index (χ2v) is 10.1. The summed E-state index contributed by atoms with van der Waals surface area (Å²) in [5.41, 5.74) is 2.21. The average Bonchev–Trinajstić information content (AvgIpc) is 3.30. The summed E-state index contributed by atoms with van der Waals surface area (Å²) in [6, 6.07) is 7.92. The van der Waals surface area contributed by atoms with Gasteiger partial charge in [-0.15, -0.1) is 5.10 Å². The lowest BCUT2D eigenvalue weighted by atomic mass is 10.1. The van der Waals surface area contributed by atoms with Crippen LogP contribution in [0.4, 0.5) is 0 Å². The number of rotatable bonds is 8. The predicted molar refractivity (Wildman–Crippen MR) is 111 cm³/mol. The monoisotopic (exact) mass is 422 g/mol. The zero-order valence-corrected chi connectivity index (χ0v) is 17.9. The average molecular weight is 423 g/mol. The third-order valence-corrected chi connectivity index (χ3v) is 7.44. The number of hydrogen-bond acceptors (Lipinski definition) is 6. The lowest BCUT2D eigenvalue weighted by Crippen LogP contribution is -2.42. The summed E-state index contributed by atoms with van der Waals surface area (Å²) >= 11 is 1.27. The van der Waals surface area contributed by atoms with Crippen molar-refractivity contribution in [2.45, 2.75) is 44.3 Å². The smallest absolute Gasteiger partial charge is 0.233 e. The van der Waals surface area contributed by atoms with Gasteiger partial charge >= 0.3 is 0 Å². The molecule has 0 unspecified atom stereocenters. The predicted octanol–water partition coefficient (Wildman–Crippen LogP) is 2.55. The minimum Gasteiger partial charge on any atom is -0.338 e. The van der Waals surface area contributed by atoms with E-state index in [0.29, 0.717) is 23.9 Å². The van der Waals surface area contributed by atoms with Crippen molar-refractivity contribution in [1.29, 1.82) is 0 Å². The molecule has 0 bridgehead atoms. The second-order valence-electron chi connectivity index (χ2n) is 6.95. The number of nitrogens with zero attached hydrogens (tertiary/aromatic N) is 3. The first kappa shape index (κ1) is 20.9. The van der Waals surface area contributed by atoms with Crippen LogP contribution in [0.5, 0.6) is 0 Å². The summed E-state index contributed by atoms with van der Waals surface area (Å²) < 4.78 is 23.5. The molecule has 9 heteroatoms. The quantitative estimate of drug-likeness (QED) is 0.657. The Balaban J connectivity index is 1.61. The molecule has 0 aliphatic carbocycles. The molecule has 1 aliphatic heterocycles. The highest BCUT2D eigenvalue weighted by Gasteiger charge is 2.34. The standard InChI is InChI=1S/C19H26N4O3S2/c1-3-10-23(16-9-11-28(25,26)13-16)17(24)12-27-19-20-18(21-22-19)15-7-5-14(4-2)6-8-15/h5-8,16H,3-4,9-13H2,1-2H3,(H,20,21,22)/t16-/m1/s1. The number of aromatic nitrogens is 3. The molecule has 1 fully saturated rings. The van der Waals surface area contributed by atoms with E-state index in [-0.39, 0.29) is 29.2 Å². The van der Waals surface area contributed by atoms with E-state index in [1.165, 1.54) is 17.3 Å². The maximum Gasteiger partial charge on any atom is 0.233 e. The van der Waals surface area contributed by atoms with E-state index in [9.17, 15) is 13.2 Å². The number of benzene rings is 1. The van der Waals surface area contributed by atoms with E-state index < -0.39 is 9.84 Å². The van der Waals surface area contributed by atoms with Crippen LogP contribution in [0.2, 0.25) is 0 Å². The lowest BCUT2D eigenvalue weighted by Gasteiger charge is -2.27. The van der Waals surface area contributed by atoms with Gasteiger partial charge in [-0.05, 0) is 24.8 Å². The molecule has 1 atom stereocenters. The Hall–Kier alpha value is -1.87. The zero-order chi connectivity index (χ0) is 20.1. The number of carbonyl (C=O) groups excluding carboxylic acids is 1. The van der Waals surface area contributed by atoms with Gasteiger partial charge in [0.2, 0.25) is 11.1 Å². The molecule has 0 radical (unpaired) electrons. The molecule has 2 aromatic rings. The highest BCUT2D eigenvalue weighted by Crippen LogP contribution is 2.22. The molecule has 0 spiro atoms. The summed E-state index contributed by atoms with van der Waals surface area (Å²) in [5, 5.41) is 7.62. The van der Waals surface area contributed by atoms with Crippen LogP contribution in [0.3, 0.4) is 0 Å². The number of carbonyl (C=O) groups is 1. The van der Waals surface area contributed by atoms with Crippen LogP contribution in [0.15, 0.2) is 29.4 Å². The molecular weight excluding hydrogens is 396 g/mol. The van der Waals surface area contributed by atoms with Crippen molar-refractivity contribution in [3.05, 3.63) is 29.8 Å². The van der Waals surface area contributed by atoms with Crippen LogP contribution in [0.25, 0.3) is 11.4 Å². The normalized spacial score (nSPS) is 18.3. The first-order valence-electron chi connectivity index (χ1n) is 9.56. The fourth-order valence-corrected chi connectivity index (χ4v) is 5.74. The zero-order valence-electron chi connectivity index (χ0n) is 16.2. The van der Waals surface area contributed by atoms with E-state index in [1.54, 1.807) is 4.90 Å². The minimum atomic E-state index is -3.02. The maximum absolute atomic E-state index is 12.7. The van der Waals surface area contributed by atoms with Crippen LogP contribution in [-0.4, -0.2) is 64.3 Å². The van der Waals surface area contributed by atoms with Gasteiger partial charge in [-0.1, -0.05) is 49.9 Å². The van der Waals surface area contributed by atoms with Gasteiger partial charge in [0.25, 0.3) is 0 Å². The summed E-state index contributed by atoms with van der Waals surface area (Å²) in [4.78, 5) is 18.9. The van der Waals surface area contributed by atoms with Crippen LogP contribution in [0, 0.1) is 0 Å². The molecule has 152 valence electrons. The first-order chi connectivity index (χ1) is 13.4. The molecule has 1 N–H and O–H groups in total. The van der Waals surface area contributed by atoms with Crippen molar-refractivity contribution < 1.29 is 13.2 Å². The van der Waals surface area contributed by atoms with Crippen molar-refractivity contribution in [2.75, 3.05) is 23.8 Å². The summed E-state index contributed by atoms with van der Waals surface area (Å²) in [5.74, 6) is 1.04. The number of hydrogen-bond donors (Lipinski definition) is 1. The summed E-state index contributed by atoms with van der Waals surface area (Å²) in [6.07, 6.45) is 2.30. The van der Waals surface area contributed by atoms with Crippen LogP contribution < -0.4 is 0 Å². The van der Waals surface area contributed by atoms with Gasteiger partial charge in [0.15, 0.2) is 15.7 Å². The van der Waals surface area contributed by atoms with Crippen LogP contribution in [0.1, 0.15) is 32.3 Å². The maximum atomic E-state index is 12.7. The second kappa shape index (κ2) is 9.09. The molecule has 0 saturated carbocycles. The minimum absolute atomic E-state index is 0.0624. The lowest BCUT2D eigenvalue weighted by molar-refractivity contribution is -0.130. The van der Waals surface area contributed by atoms with E-state index in [1.807, 2.05) is 19.1 Å². The molecule has 1 saturated heterocycles. The number of H-pyrrole nitrogens is 1. The number of aromatic amines is 1. The largest absolute Gasteiger partial charge is 0.338 e. The Morgan fingerprint density at radius 1 is 1.29 bits per heavy atom. The van der Waals surface area contributed by atoms with E-state index in [2.05, 4.69) is 34.2 Å². The molecule has 1 aliphatic rings. The van der Waals surface area contributed by atoms with Gasteiger partial charge in [0.1, 0.15) is 0 Å². The van der Waals surface area contributed by atoms with Crippen molar-refractivity contribution >= 4 is 27.5 Å². The third-order valence-electron chi connectivity index (χ3n) is 4.86. The van der Waals surface area contributed by atoms with Crippen molar-refractivity contribution in [3.8, 4) is 11.4 Å². The number of sulfone groups is 1.